The van der Waals surface area contributed by atoms with Crippen LogP contribution < -0.4 is 0 Å². The van der Waals surface area contributed by atoms with Crippen LogP contribution >= 0.6 is 18.8 Å². The van der Waals surface area contributed by atoms with Crippen LogP contribution in [-0.2, 0) is 9.09 Å². The maximum Gasteiger partial charge on any atom is 0.251 e. The van der Waals surface area contributed by atoms with Gasteiger partial charge in [0.25, 0.3) is 6.57 Å². The molecule has 1 unspecified atom stereocenters. The molecule has 0 spiro atoms. The van der Waals surface area contributed by atoms with Crippen molar-refractivity contribution in [1.82, 2.24) is 0 Å². The van der Waals surface area contributed by atoms with Gasteiger partial charge in [-0.05, 0) is 13.8 Å². The van der Waals surface area contributed by atoms with Gasteiger partial charge in [-0.3, -0.25) is 4.57 Å². The smallest absolute Gasteiger partial charge is 0.251 e. The summed E-state index contributed by atoms with van der Waals surface area (Å²) in [5.74, 6) is 0. The molecule has 0 bridgehead atoms. The molecule has 8 heavy (non-hydrogen) atoms. The molecular weight excluding hydrogens is 143 g/mol. The topological polar surface area (TPSA) is 26.3 Å². The quantitative estimate of drug-likeness (QED) is 0.487. The third-order valence-corrected chi connectivity index (χ3v) is 1.50. The summed E-state index contributed by atoms with van der Waals surface area (Å²) in [5.41, 5.74) is 0. The summed E-state index contributed by atoms with van der Waals surface area (Å²) >= 11 is 3.73. The Balaban J connectivity index is 3.56. The van der Waals surface area contributed by atoms with E-state index in [2.05, 4.69) is 12.2 Å². The van der Waals surface area contributed by atoms with E-state index >= 15 is 0 Å². The Morgan fingerprint density at radius 1 is 1.62 bits per heavy atom. The van der Waals surface area contributed by atoms with E-state index in [4.69, 9.17) is 4.52 Å². The van der Waals surface area contributed by atoms with Crippen molar-refractivity contribution in [3.63, 3.8) is 0 Å². The molecule has 0 fully saturated rings. The average molecular weight is 154 g/mol. The molecule has 0 aliphatic carbocycles. The molecule has 4 heteroatoms. The lowest BCUT2D eigenvalue weighted by molar-refractivity contribution is 0.255. The van der Waals surface area contributed by atoms with E-state index < -0.39 is 6.57 Å². The highest BCUT2D eigenvalue weighted by molar-refractivity contribution is 8.46. The number of rotatable bonds is 2. The van der Waals surface area contributed by atoms with Crippen LogP contribution in [0.2, 0.25) is 0 Å². The van der Waals surface area contributed by atoms with E-state index in [1.165, 1.54) is 6.66 Å². The lowest BCUT2D eigenvalue weighted by Crippen LogP contribution is -1.95. The predicted octanol–water partition coefficient (Wildman–Crippen LogP) is 2.16. The molecule has 0 aliphatic heterocycles. The second kappa shape index (κ2) is 2.90. The van der Waals surface area contributed by atoms with Crippen molar-refractivity contribution in [2.45, 2.75) is 20.0 Å². The van der Waals surface area contributed by atoms with Gasteiger partial charge in [-0.1, -0.05) is 12.2 Å². The molecule has 50 valence electrons. The van der Waals surface area contributed by atoms with Crippen LogP contribution in [0.25, 0.3) is 0 Å². The molecule has 0 aliphatic rings. The van der Waals surface area contributed by atoms with Crippen molar-refractivity contribution < 1.29 is 9.09 Å². The number of hydrogen-bond acceptors (Lipinski definition) is 2. The van der Waals surface area contributed by atoms with Gasteiger partial charge in [-0.25, -0.2) is 0 Å². The number of thiol groups is 1. The molecule has 2 nitrogen and oxygen atoms in total. The van der Waals surface area contributed by atoms with E-state index in [0.717, 1.165) is 0 Å². The van der Waals surface area contributed by atoms with Crippen molar-refractivity contribution in [2.24, 2.45) is 0 Å². The molecule has 0 heterocycles. The standard InChI is InChI=1S/C4H11O2PS/c1-4(2)6-7(3,5)8/h4H,1-3H3,(H,5,8). The Morgan fingerprint density at radius 2 is 2.00 bits per heavy atom. The van der Waals surface area contributed by atoms with Crippen molar-refractivity contribution in [3.05, 3.63) is 0 Å². The second-order valence-corrected chi connectivity index (χ2v) is 5.95. The molecule has 0 aromatic rings. The first-order chi connectivity index (χ1) is 3.42. The molecule has 0 aromatic carbocycles. The summed E-state index contributed by atoms with van der Waals surface area (Å²) in [5, 5.41) is 0. The fraction of sp³-hybridized carbons (Fsp3) is 1.00. The zero-order valence-corrected chi connectivity index (χ0v) is 7.08. The maximum absolute atomic E-state index is 10.7. The summed E-state index contributed by atoms with van der Waals surface area (Å²) in [6.07, 6.45) is 0.00309. The van der Waals surface area contributed by atoms with E-state index in [0.29, 0.717) is 0 Å². The normalized spacial score (nSPS) is 18.6. The van der Waals surface area contributed by atoms with Gasteiger partial charge >= 0.3 is 0 Å². The highest BCUT2D eigenvalue weighted by atomic mass is 32.7. The lowest BCUT2D eigenvalue weighted by Gasteiger charge is -2.09. The largest absolute Gasteiger partial charge is 0.319 e. The van der Waals surface area contributed by atoms with Gasteiger partial charge in [-0.2, -0.15) is 0 Å². The fourth-order valence-electron chi connectivity index (χ4n) is 0.391. The number of hydrogen-bond donors (Lipinski definition) is 1. The van der Waals surface area contributed by atoms with Gasteiger partial charge in [0.15, 0.2) is 0 Å². The summed E-state index contributed by atoms with van der Waals surface area (Å²) in [7, 11) is 0. The first-order valence-corrected chi connectivity index (χ1v) is 5.63. The summed E-state index contributed by atoms with van der Waals surface area (Å²) < 4.78 is 15.5. The van der Waals surface area contributed by atoms with Crippen LogP contribution in [0.1, 0.15) is 13.8 Å². The first kappa shape index (κ1) is 8.54. The van der Waals surface area contributed by atoms with E-state index in [9.17, 15) is 4.57 Å². The van der Waals surface area contributed by atoms with Crippen molar-refractivity contribution in [1.29, 1.82) is 0 Å². The second-order valence-electron chi connectivity index (χ2n) is 1.96. The molecule has 0 rings (SSSR count). The molecule has 1 atom stereocenters. The van der Waals surface area contributed by atoms with Crippen LogP contribution in [0.5, 0.6) is 0 Å². The summed E-state index contributed by atoms with van der Waals surface area (Å²) in [6.45, 7) is 2.61. The SMILES string of the molecule is CC(C)OP(C)(=O)S. The summed E-state index contributed by atoms with van der Waals surface area (Å²) in [4.78, 5) is 0. The zero-order chi connectivity index (χ0) is 6.78. The molecular formula is C4H11O2PS. The third kappa shape index (κ3) is 6.54. The Bertz CT molecular complexity index is 107. The zero-order valence-electron chi connectivity index (χ0n) is 5.29. The van der Waals surface area contributed by atoms with E-state index in [-0.39, 0.29) is 6.10 Å². The highest BCUT2D eigenvalue weighted by Gasteiger charge is 2.09. The van der Waals surface area contributed by atoms with Gasteiger partial charge in [0.2, 0.25) is 0 Å². The Kier molecular flexibility index (Phi) is 3.10. The van der Waals surface area contributed by atoms with Gasteiger partial charge in [0.1, 0.15) is 0 Å². The van der Waals surface area contributed by atoms with Gasteiger partial charge in [-0.15, -0.1) is 0 Å². The molecule has 0 saturated carbocycles. The molecule has 0 N–H and O–H groups in total. The van der Waals surface area contributed by atoms with Crippen molar-refractivity contribution in [3.8, 4) is 0 Å². The van der Waals surface area contributed by atoms with Crippen LogP contribution in [0, 0.1) is 0 Å². The first-order valence-electron chi connectivity index (χ1n) is 2.40. The molecule has 0 radical (unpaired) electrons. The van der Waals surface area contributed by atoms with Crippen LogP contribution in [0.3, 0.4) is 0 Å². The van der Waals surface area contributed by atoms with Crippen molar-refractivity contribution in [2.75, 3.05) is 6.66 Å². The van der Waals surface area contributed by atoms with Crippen LogP contribution in [0.15, 0.2) is 0 Å². The molecule has 0 amide bonds. The van der Waals surface area contributed by atoms with Crippen LogP contribution in [-0.4, -0.2) is 12.8 Å². The predicted molar refractivity (Wildman–Crippen MR) is 38.7 cm³/mol. The minimum Gasteiger partial charge on any atom is -0.319 e. The average Bonchev–Trinajstić information content (AvgIpc) is 1.21. The highest BCUT2D eigenvalue weighted by Crippen LogP contribution is 2.48. The Morgan fingerprint density at radius 3 is 2.00 bits per heavy atom. The minimum absolute atomic E-state index is 0.00309. The monoisotopic (exact) mass is 154 g/mol. The minimum atomic E-state index is -2.53. The lowest BCUT2D eigenvalue weighted by atomic mass is 10.5. The summed E-state index contributed by atoms with van der Waals surface area (Å²) in [6, 6.07) is 0. The Labute approximate surface area is 55.2 Å². The molecule has 0 saturated heterocycles. The van der Waals surface area contributed by atoms with Gasteiger partial charge < -0.3 is 4.52 Å². The van der Waals surface area contributed by atoms with Crippen LogP contribution in [0.4, 0.5) is 0 Å². The maximum atomic E-state index is 10.7. The Hall–Kier alpha value is 0.540. The van der Waals surface area contributed by atoms with E-state index in [1.807, 2.05) is 13.8 Å². The van der Waals surface area contributed by atoms with E-state index in [1.54, 1.807) is 0 Å². The van der Waals surface area contributed by atoms with Crippen molar-refractivity contribution >= 4 is 18.8 Å². The van der Waals surface area contributed by atoms with Gasteiger partial charge in [0.05, 0.1) is 6.10 Å². The van der Waals surface area contributed by atoms with Gasteiger partial charge in [0, 0.05) is 6.66 Å². The fourth-order valence-corrected chi connectivity index (χ4v) is 1.74. The molecule has 0 aromatic heterocycles. The third-order valence-electron chi connectivity index (χ3n) is 0.406.